The Kier molecular flexibility index (Phi) is 5.82. The van der Waals surface area contributed by atoms with Gasteiger partial charge in [0.1, 0.15) is 0 Å². The van der Waals surface area contributed by atoms with Gasteiger partial charge >= 0.3 is 6.03 Å². The molecule has 1 aliphatic rings. The number of hydrogen-bond acceptors (Lipinski definition) is 4. The SMILES string of the molecule is CCS(=O)(=O)NCCCNC(=O)N1CCc2sccc2[C@H]1C. The molecule has 0 saturated heterocycles. The van der Waals surface area contributed by atoms with Crippen LogP contribution in [-0.2, 0) is 16.4 Å². The van der Waals surface area contributed by atoms with Crippen molar-refractivity contribution < 1.29 is 13.2 Å². The third-order valence-corrected chi connectivity index (χ3v) is 6.27. The third-order valence-electron chi connectivity index (χ3n) is 3.87. The molecule has 22 heavy (non-hydrogen) atoms. The Morgan fingerprint density at radius 1 is 1.45 bits per heavy atom. The standard InChI is InChI=1S/C14H23N3O3S2/c1-3-22(19,20)16-8-4-7-15-14(18)17-9-5-13-12(11(17)2)6-10-21-13/h6,10-11,16H,3-5,7-9H2,1-2H3,(H,15,18)/t11-/m1/s1. The van der Waals surface area contributed by atoms with Crippen molar-refractivity contribution in [3.8, 4) is 0 Å². The average molecular weight is 345 g/mol. The van der Waals surface area contributed by atoms with Crippen molar-refractivity contribution in [2.24, 2.45) is 0 Å². The molecule has 0 bridgehead atoms. The zero-order valence-electron chi connectivity index (χ0n) is 13.0. The van der Waals surface area contributed by atoms with Gasteiger partial charge in [-0.05, 0) is 43.7 Å². The Bertz CT molecular complexity index is 613. The van der Waals surface area contributed by atoms with Crippen LogP contribution in [0.3, 0.4) is 0 Å². The van der Waals surface area contributed by atoms with Gasteiger partial charge in [0.15, 0.2) is 0 Å². The Labute approximate surface area is 135 Å². The van der Waals surface area contributed by atoms with Gasteiger partial charge in [-0.1, -0.05) is 0 Å². The molecule has 0 aliphatic carbocycles. The van der Waals surface area contributed by atoms with E-state index >= 15 is 0 Å². The van der Waals surface area contributed by atoms with Gasteiger partial charge in [-0.25, -0.2) is 17.9 Å². The molecular formula is C14H23N3O3S2. The van der Waals surface area contributed by atoms with E-state index in [1.165, 1.54) is 10.4 Å². The van der Waals surface area contributed by atoms with Gasteiger partial charge in [0, 0.05) is 24.5 Å². The lowest BCUT2D eigenvalue weighted by molar-refractivity contribution is 0.175. The fourth-order valence-corrected chi connectivity index (χ4v) is 4.12. The number of carbonyl (C=O) groups is 1. The molecule has 6 nitrogen and oxygen atoms in total. The van der Waals surface area contributed by atoms with E-state index in [4.69, 9.17) is 0 Å². The lowest BCUT2D eigenvalue weighted by Gasteiger charge is -2.33. The second-order valence-corrected chi connectivity index (χ2v) is 8.40. The van der Waals surface area contributed by atoms with Crippen molar-refractivity contribution in [3.05, 3.63) is 21.9 Å². The number of urea groups is 1. The lowest BCUT2D eigenvalue weighted by atomic mass is 10.0. The summed E-state index contributed by atoms with van der Waals surface area (Å²) >= 11 is 1.75. The van der Waals surface area contributed by atoms with Crippen LogP contribution in [0, 0.1) is 0 Å². The van der Waals surface area contributed by atoms with Gasteiger partial charge in [-0.3, -0.25) is 0 Å². The van der Waals surface area contributed by atoms with E-state index in [0.29, 0.717) is 19.5 Å². The minimum Gasteiger partial charge on any atom is -0.338 e. The number of nitrogens with zero attached hydrogens (tertiary/aromatic N) is 1. The predicted molar refractivity (Wildman–Crippen MR) is 88.6 cm³/mol. The van der Waals surface area contributed by atoms with E-state index in [0.717, 1.165) is 13.0 Å². The highest BCUT2D eigenvalue weighted by Crippen LogP contribution is 2.32. The molecule has 2 heterocycles. The maximum absolute atomic E-state index is 12.2. The van der Waals surface area contributed by atoms with Crippen LogP contribution < -0.4 is 10.0 Å². The van der Waals surface area contributed by atoms with Crippen LogP contribution in [0.1, 0.15) is 36.8 Å². The van der Waals surface area contributed by atoms with E-state index < -0.39 is 10.0 Å². The number of hydrogen-bond donors (Lipinski definition) is 2. The van der Waals surface area contributed by atoms with Gasteiger partial charge < -0.3 is 10.2 Å². The van der Waals surface area contributed by atoms with Crippen molar-refractivity contribution in [3.63, 3.8) is 0 Å². The zero-order chi connectivity index (χ0) is 16.2. The Hall–Kier alpha value is -1.12. The maximum atomic E-state index is 12.2. The minimum atomic E-state index is -3.15. The number of carbonyl (C=O) groups excluding carboxylic acids is 1. The molecule has 0 unspecified atom stereocenters. The smallest absolute Gasteiger partial charge is 0.317 e. The molecule has 0 radical (unpaired) electrons. The van der Waals surface area contributed by atoms with Crippen molar-refractivity contribution in [1.29, 1.82) is 0 Å². The fraction of sp³-hybridized carbons (Fsp3) is 0.643. The van der Waals surface area contributed by atoms with Gasteiger partial charge in [0.05, 0.1) is 11.8 Å². The molecule has 1 aliphatic heterocycles. The number of sulfonamides is 1. The van der Waals surface area contributed by atoms with Gasteiger partial charge in [0.25, 0.3) is 0 Å². The Morgan fingerprint density at radius 2 is 2.23 bits per heavy atom. The summed E-state index contributed by atoms with van der Waals surface area (Å²) in [4.78, 5) is 15.4. The van der Waals surface area contributed by atoms with Crippen molar-refractivity contribution >= 4 is 27.4 Å². The number of amides is 2. The van der Waals surface area contributed by atoms with Gasteiger partial charge in [-0.2, -0.15) is 0 Å². The van der Waals surface area contributed by atoms with Crippen molar-refractivity contribution in [2.45, 2.75) is 32.7 Å². The van der Waals surface area contributed by atoms with Crippen LogP contribution in [0.2, 0.25) is 0 Å². The van der Waals surface area contributed by atoms with Gasteiger partial charge in [-0.15, -0.1) is 11.3 Å². The third kappa shape index (κ3) is 4.21. The minimum absolute atomic E-state index is 0.0770. The van der Waals surface area contributed by atoms with Crippen molar-refractivity contribution in [2.75, 3.05) is 25.4 Å². The molecule has 1 aromatic rings. The fourth-order valence-electron chi connectivity index (χ4n) is 2.50. The number of fused-ring (bicyclic) bond motifs is 1. The van der Waals surface area contributed by atoms with Crippen LogP contribution in [-0.4, -0.2) is 44.7 Å². The zero-order valence-corrected chi connectivity index (χ0v) is 14.6. The first-order valence-corrected chi connectivity index (χ1v) is 10.1. The molecule has 2 amide bonds. The first-order valence-electron chi connectivity index (χ1n) is 7.52. The average Bonchev–Trinajstić information content (AvgIpc) is 2.96. The number of thiophene rings is 1. The summed E-state index contributed by atoms with van der Waals surface area (Å²) in [6.45, 7) is 5.18. The normalized spacial score (nSPS) is 18.1. The van der Waals surface area contributed by atoms with E-state index in [1.807, 2.05) is 11.8 Å². The molecule has 2 rings (SSSR count). The quantitative estimate of drug-likeness (QED) is 0.771. The first kappa shape index (κ1) is 17.2. The molecule has 0 saturated carbocycles. The highest BCUT2D eigenvalue weighted by Gasteiger charge is 2.27. The van der Waals surface area contributed by atoms with E-state index in [-0.39, 0.29) is 17.8 Å². The van der Waals surface area contributed by atoms with Crippen LogP contribution in [0.15, 0.2) is 11.4 Å². The van der Waals surface area contributed by atoms with Crippen molar-refractivity contribution in [1.82, 2.24) is 14.9 Å². The summed E-state index contributed by atoms with van der Waals surface area (Å²) in [6, 6.07) is 2.10. The predicted octanol–water partition coefficient (Wildman–Crippen LogP) is 1.71. The second-order valence-electron chi connectivity index (χ2n) is 5.30. The molecule has 0 spiro atoms. The molecule has 124 valence electrons. The molecule has 0 fully saturated rings. The topological polar surface area (TPSA) is 78.5 Å². The second kappa shape index (κ2) is 7.43. The van der Waals surface area contributed by atoms with Crippen LogP contribution in [0.5, 0.6) is 0 Å². The lowest BCUT2D eigenvalue weighted by Crippen LogP contribution is -2.45. The van der Waals surface area contributed by atoms with Crippen LogP contribution in [0.4, 0.5) is 4.79 Å². The monoisotopic (exact) mass is 345 g/mol. The largest absolute Gasteiger partial charge is 0.338 e. The van der Waals surface area contributed by atoms with Crippen LogP contribution >= 0.6 is 11.3 Å². The molecule has 1 atom stereocenters. The Morgan fingerprint density at radius 3 is 2.95 bits per heavy atom. The van der Waals surface area contributed by atoms with Gasteiger partial charge in [0.2, 0.25) is 10.0 Å². The molecule has 8 heteroatoms. The van der Waals surface area contributed by atoms with E-state index in [1.54, 1.807) is 18.3 Å². The van der Waals surface area contributed by atoms with E-state index in [9.17, 15) is 13.2 Å². The number of rotatable bonds is 6. The molecular weight excluding hydrogens is 322 g/mol. The van der Waals surface area contributed by atoms with E-state index in [2.05, 4.69) is 21.5 Å². The maximum Gasteiger partial charge on any atom is 0.317 e. The highest BCUT2D eigenvalue weighted by molar-refractivity contribution is 7.89. The first-order chi connectivity index (χ1) is 10.4. The molecule has 2 N–H and O–H groups in total. The number of nitrogens with one attached hydrogen (secondary N) is 2. The summed E-state index contributed by atoms with van der Waals surface area (Å²) < 4.78 is 25.0. The summed E-state index contributed by atoms with van der Waals surface area (Å²) in [6.07, 6.45) is 1.48. The summed E-state index contributed by atoms with van der Waals surface area (Å²) in [5.74, 6) is 0.0770. The molecule has 0 aromatic carbocycles. The Balaban J connectivity index is 1.74. The van der Waals surface area contributed by atoms with Crippen LogP contribution in [0.25, 0.3) is 0 Å². The highest BCUT2D eigenvalue weighted by atomic mass is 32.2. The summed E-state index contributed by atoms with van der Waals surface area (Å²) in [7, 11) is -3.15. The molecule has 1 aromatic heterocycles. The summed E-state index contributed by atoms with van der Waals surface area (Å²) in [5, 5.41) is 4.94. The summed E-state index contributed by atoms with van der Waals surface area (Å²) in [5.41, 5.74) is 1.24.